The van der Waals surface area contributed by atoms with Gasteiger partial charge in [0.1, 0.15) is 10.7 Å². The molecule has 4 rings (SSSR count). The summed E-state index contributed by atoms with van der Waals surface area (Å²) in [6, 6.07) is 8.81. The van der Waals surface area contributed by atoms with Crippen LogP contribution in [0, 0.1) is 0 Å². The molecule has 7 heteroatoms. The van der Waals surface area contributed by atoms with Crippen molar-refractivity contribution in [1.29, 1.82) is 0 Å². The van der Waals surface area contributed by atoms with Crippen LogP contribution in [0.5, 0.6) is 0 Å². The number of piperazine rings is 1. The molecule has 1 aliphatic heterocycles. The Bertz CT molecular complexity index is 959. The molecule has 28 heavy (non-hydrogen) atoms. The molecule has 1 amide bonds. The molecular formula is C21H25N5OS. The molecule has 1 aromatic carbocycles. The SMILES string of the molecule is CC(C)c1ccc(-c2[nH]ncc2-c2nc(C(=O)N3CCN[C@@H](C)C3)cs2)cc1. The number of benzene rings is 1. The molecule has 1 saturated heterocycles. The first-order chi connectivity index (χ1) is 13.5. The normalized spacial score (nSPS) is 17.3. The number of thiazole rings is 1. The van der Waals surface area contributed by atoms with Crippen molar-refractivity contribution in [2.75, 3.05) is 19.6 Å². The van der Waals surface area contributed by atoms with Crippen LogP contribution in [0.2, 0.25) is 0 Å². The number of aromatic amines is 1. The number of aromatic nitrogens is 3. The summed E-state index contributed by atoms with van der Waals surface area (Å²) in [7, 11) is 0. The summed E-state index contributed by atoms with van der Waals surface area (Å²) in [5, 5.41) is 13.3. The van der Waals surface area contributed by atoms with Crippen LogP contribution in [-0.4, -0.2) is 51.7 Å². The van der Waals surface area contributed by atoms with Crippen LogP contribution in [-0.2, 0) is 0 Å². The number of nitrogens with one attached hydrogen (secondary N) is 2. The summed E-state index contributed by atoms with van der Waals surface area (Å²) in [6.07, 6.45) is 1.78. The van der Waals surface area contributed by atoms with Gasteiger partial charge in [0.2, 0.25) is 0 Å². The third kappa shape index (κ3) is 3.72. The summed E-state index contributed by atoms with van der Waals surface area (Å²) in [6.45, 7) is 8.71. The van der Waals surface area contributed by atoms with Crippen molar-refractivity contribution >= 4 is 17.2 Å². The number of hydrogen-bond acceptors (Lipinski definition) is 5. The van der Waals surface area contributed by atoms with E-state index in [-0.39, 0.29) is 5.91 Å². The van der Waals surface area contributed by atoms with Gasteiger partial charge < -0.3 is 10.2 Å². The Morgan fingerprint density at radius 1 is 1.29 bits per heavy atom. The lowest BCUT2D eigenvalue weighted by molar-refractivity contribution is 0.0704. The number of hydrogen-bond donors (Lipinski definition) is 2. The van der Waals surface area contributed by atoms with Gasteiger partial charge in [-0.3, -0.25) is 9.89 Å². The summed E-state index contributed by atoms with van der Waals surface area (Å²) in [4.78, 5) is 19.3. The maximum absolute atomic E-state index is 12.8. The first-order valence-corrected chi connectivity index (χ1v) is 10.5. The summed E-state index contributed by atoms with van der Waals surface area (Å²) in [5.41, 5.74) is 4.74. The molecular weight excluding hydrogens is 370 g/mol. The Labute approximate surface area is 169 Å². The van der Waals surface area contributed by atoms with Crippen molar-refractivity contribution in [1.82, 2.24) is 25.4 Å². The number of H-pyrrole nitrogens is 1. The first kappa shape index (κ1) is 18.8. The summed E-state index contributed by atoms with van der Waals surface area (Å²) < 4.78 is 0. The Balaban J connectivity index is 1.58. The number of nitrogens with zero attached hydrogens (tertiary/aromatic N) is 3. The minimum Gasteiger partial charge on any atom is -0.334 e. The van der Waals surface area contributed by atoms with Crippen molar-refractivity contribution in [3.05, 3.63) is 47.1 Å². The van der Waals surface area contributed by atoms with Gasteiger partial charge >= 0.3 is 0 Å². The monoisotopic (exact) mass is 395 g/mol. The smallest absolute Gasteiger partial charge is 0.273 e. The van der Waals surface area contributed by atoms with E-state index >= 15 is 0 Å². The lowest BCUT2D eigenvalue weighted by Gasteiger charge is -2.31. The standard InChI is InChI=1S/C21H25N5OS/c1-13(2)15-4-6-16(7-5-15)19-17(10-23-25-19)20-24-18(12-28-20)21(27)26-9-8-22-14(3)11-26/h4-7,10,12-14,22H,8-9,11H2,1-3H3,(H,23,25)/t14-/m0/s1. The Kier molecular flexibility index (Phi) is 5.28. The molecule has 2 N–H and O–H groups in total. The highest BCUT2D eigenvalue weighted by atomic mass is 32.1. The van der Waals surface area contributed by atoms with Crippen LogP contribution in [0.25, 0.3) is 21.8 Å². The molecule has 146 valence electrons. The lowest BCUT2D eigenvalue weighted by atomic mass is 10.00. The van der Waals surface area contributed by atoms with Crippen molar-refractivity contribution in [2.24, 2.45) is 0 Å². The van der Waals surface area contributed by atoms with E-state index < -0.39 is 0 Å². The van der Waals surface area contributed by atoms with Crippen LogP contribution in [0.15, 0.2) is 35.8 Å². The highest BCUT2D eigenvalue weighted by Crippen LogP contribution is 2.33. The van der Waals surface area contributed by atoms with E-state index in [0.717, 1.165) is 34.9 Å². The minimum absolute atomic E-state index is 0.00202. The molecule has 0 bridgehead atoms. The average molecular weight is 396 g/mol. The predicted molar refractivity (Wildman–Crippen MR) is 113 cm³/mol. The third-order valence-electron chi connectivity index (χ3n) is 5.12. The van der Waals surface area contributed by atoms with Crippen molar-refractivity contribution in [2.45, 2.75) is 32.7 Å². The Hall–Kier alpha value is -2.51. The van der Waals surface area contributed by atoms with Gasteiger partial charge in [-0.15, -0.1) is 11.3 Å². The van der Waals surface area contributed by atoms with Crippen LogP contribution in [0.1, 0.15) is 42.7 Å². The Morgan fingerprint density at radius 3 is 2.79 bits per heavy atom. The molecule has 3 aromatic rings. The average Bonchev–Trinajstić information content (AvgIpc) is 3.37. The van der Waals surface area contributed by atoms with Gasteiger partial charge in [0.15, 0.2) is 0 Å². The van der Waals surface area contributed by atoms with Gasteiger partial charge in [-0.1, -0.05) is 38.1 Å². The van der Waals surface area contributed by atoms with E-state index in [1.165, 1.54) is 16.9 Å². The fourth-order valence-corrected chi connectivity index (χ4v) is 4.29. The van der Waals surface area contributed by atoms with Gasteiger partial charge in [-0.25, -0.2) is 4.98 Å². The molecule has 1 fully saturated rings. The van der Waals surface area contributed by atoms with Crippen LogP contribution >= 0.6 is 11.3 Å². The van der Waals surface area contributed by atoms with Crippen LogP contribution in [0.4, 0.5) is 0 Å². The number of rotatable bonds is 4. The second-order valence-electron chi connectivity index (χ2n) is 7.58. The van der Waals surface area contributed by atoms with Crippen LogP contribution < -0.4 is 5.32 Å². The quantitative estimate of drug-likeness (QED) is 0.705. The van der Waals surface area contributed by atoms with E-state index in [1.54, 1.807) is 6.20 Å². The van der Waals surface area contributed by atoms with Gasteiger partial charge in [-0.2, -0.15) is 5.10 Å². The number of carbonyl (C=O) groups excluding carboxylic acids is 1. The maximum Gasteiger partial charge on any atom is 0.273 e. The summed E-state index contributed by atoms with van der Waals surface area (Å²) >= 11 is 1.48. The highest BCUT2D eigenvalue weighted by molar-refractivity contribution is 7.13. The van der Waals surface area contributed by atoms with Crippen molar-refractivity contribution < 1.29 is 4.79 Å². The summed E-state index contributed by atoms with van der Waals surface area (Å²) in [5.74, 6) is 0.498. The Morgan fingerprint density at radius 2 is 2.07 bits per heavy atom. The topological polar surface area (TPSA) is 73.9 Å². The molecule has 0 aliphatic carbocycles. The van der Waals surface area contributed by atoms with Gasteiger partial charge in [-0.05, 0) is 18.4 Å². The fraction of sp³-hybridized carbons (Fsp3) is 0.381. The van der Waals surface area contributed by atoms with E-state index in [2.05, 4.69) is 65.5 Å². The highest BCUT2D eigenvalue weighted by Gasteiger charge is 2.24. The zero-order valence-corrected chi connectivity index (χ0v) is 17.2. The zero-order valence-electron chi connectivity index (χ0n) is 16.4. The molecule has 6 nitrogen and oxygen atoms in total. The second kappa shape index (κ2) is 7.85. The molecule has 1 atom stereocenters. The molecule has 0 spiro atoms. The van der Waals surface area contributed by atoms with E-state index in [9.17, 15) is 4.79 Å². The molecule has 1 aliphatic rings. The van der Waals surface area contributed by atoms with Gasteiger partial charge in [0, 0.05) is 36.6 Å². The molecule has 0 unspecified atom stereocenters. The number of carbonyl (C=O) groups is 1. The van der Waals surface area contributed by atoms with Gasteiger partial charge in [0.25, 0.3) is 5.91 Å². The first-order valence-electron chi connectivity index (χ1n) is 9.65. The molecule has 3 heterocycles. The maximum atomic E-state index is 12.8. The van der Waals surface area contributed by atoms with Crippen LogP contribution in [0.3, 0.4) is 0 Å². The number of amides is 1. The zero-order chi connectivity index (χ0) is 19.7. The van der Waals surface area contributed by atoms with E-state index in [0.29, 0.717) is 24.2 Å². The third-order valence-corrected chi connectivity index (χ3v) is 5.99. The molecule has 2 aromatic heterocycles. The second-order valence-corrected chi connectivity index (χ2v) is 8.44. The van der Waals surface area contributed by atoms with E-state index in [1.807, 2.05) is 10.3 Å². The van der Waals surface area contributed by atoms with Crippen molar-refractivity contribution in [3.63, 3.8) is 0 Å². The van der Waals surface area contributed by atoms with Gasteiger partial charge in [0.05, 0.1) is 17.5 Å². The predicted octanol–water partition coefficient (Wildman–Crippen LogP) is 3.76. The largest absolute Gasteiger partial charge is 0.334 e. The fourth-order valence-electron chi connectivity index (χ4n) is 3.48. The molecule has 0 radical (unpaired) electrons. The lowest BCUT2D eigenvalue weighted by Crippen LogP contribution is -2.51. The molecule has 0 saturated carbocycles. The van der Waals surface area contributed by atoms with E-state index in [4.69, 9.17) is 0 Å². The van der Waals surface area contributed by atoms with Crippen molar-refractivity contribution in [3.8, 4) is 21.8 Å². The minimum atomic E-state index is 0.00202.